The van der Waals surface area contributed by atoms with Crippen molar-refractivity contribution in [1.29, 1.82) is 0 Å². The van der Waals surface area contributed by atoms with Crippen molar-refractivity contribution in [3.8, 4) is 11.5 Å². The minimum absolute atomic E-state index is 0.179. The van der Waals surface area contributed by atoms with E-state index in [1.807, 2.05) is 11.4 Å². The number of fused-ring (bicyclic) bond motifs is 1. The molecule has 0 bridgehead atoms. The van der Waals surface area contributed by atoms with E-state index in [4.69, 9.17) is 14.3 Å². The number of anilines is 1. The summed E-state index contributed by atoms with van der Waals surface area (Å²) in [5.74, 6) is -1.99. The second kappa shape index (κ2) is 9.77. The standard InChI is InChI=1S/C23H17F2N3O5/c24-17-2-1-3-18(25)21(17)22(29)28-23(30)27-16-7-4-14(5-8-16)12-33-26-11-15-6-9-19-20(10-15)32-13-31-19/h1-11H,12-13H2,(H2,27,28,29,30)/b26-11-. The Morgan fingerprint density at radius 3 is 2.48 bits per heavy atom. The number of urea groups is 1. The summed E-state index contributed by atoms with van der Waals surface area (Å²) in [6.45, 7) is 0.373. The maximum Gasteiger partial charge on any atom is 0.326 e. The van der Waals surface area contributed by atoms with Crippen molar-refractivity contribution < 1.29 is 32.7 Å². The highest BCUT2D eigenvalue weighted by Crippen LogP contribution is 2.32. The molecular formula is C23H17F2N3O5. The Kier molecular flexibility index (Phi) is 6.44. The van der Waals surface area contributed by atoms with Crippen LogP contribution in [0.5, 0.6) is 11.5 Å². The van der Waals surface area contributed by atoms with Crippen LogP contribution in [0.1, 0.15) is 21.5 Å². The molecule has 4 rings (SSSR count). The molecule has 0 unspecified atom stereocenters. The fourth-order valence-corrected chi connectivity index (χ4v) is 2.93. The first-order valence-electron chi connectivity index (χ1n) is 9.70. The van der Waals surface area contributed by atoms with Crippen LogP contribution in [0.3, 0.4) is 0 Å². The van der Waals surface area contributed by atoms with Crippen molar-refractivity contribution in [2.24, 2.45) is 5.16 Å². The van der Waals surface area contributed by atoms with Crippen molar-refractivity contribution >= 4 is 23.8 Å². The summed E-state index contributed by atoms with van der Waals surface area (Å²) in [7, 11) is 0. The summed E-state index contributed by atoms with van der Waals surface area (Å²) < 4.78 is 37.8. The Morgan fingerprint density at radius 2 is 1.73 bits per heavy atom. The molecule has 168 valence electrons. The molecule has 10 heteroatoms. The SMILES string of the molecule is O=C(NC(=O)c1c(F)cccc1F)Nc1ccc(CO/N=C\c2ccc3c(c2)OCO3)cc1. The van der Waals surface area contributed by atoms with Gasteiger partial charge in [-0.1, -0.05) is 23.4 Å². The number of rotatable bonds is 6. The Hall–Kier alpha value is -4.47. The topological polar surface area (TPSA) is 98.3 Å². The zero-order valence-corrected chi connectivity index (χ0v) is 17.0. The van der Waals surface area contributed by atoms with E-state index >= 15 is 0 Å². The highest BCUT2D eigenvalue weighted by atomic mass is 19.1. The van der Waals surface area contributed by atoms with E-state index in [2.05, 4.69) is 10.5 Å². The lowest BCUT2D eigenvalue weighted by Crippen LogP contribution is -2.35. The maximum atomic E-state index is 13.6. The molecule has 1 aliphatic rings. The number of nitrogens with zero attached hydrogens (tertiary/aromatic N) is 1. The third-order valence-corrected chi connectivity index (χ3v) is 4.53. The molecule has 0 aliphatic carbocycles. The van der Waals surface area contributed by atoms with Crippen LogP contribution in [0.2, 0.25) is 0 Å². The minimum Gasteiger partial charge on any atom is -0.454 e. The molecule has 0 aromatic heterocycles. The number of benzene rings is 3. The molecule has 0 saturated carbocycles. The summed E-state index contributed by atoms with van der Waals surface area (Å²) in [6.07, 6.45) is 1.54. The van der Waals surface area contributed by atoms with Gasteiger partial charge >= 0.3 is 6.03 Å². The normalized spacial score (nSPS) is 11.9. The van der Waals surface area contributed by atoms with Crippen molar-refractivity contribution in [2.75, 3.05) is 12.1 Å². The van der Waals surface area contributed by atoms with Crippen LogP contribution in [0, 0.1) is 11.6 Å². The summed E-state index contributed by atoms with van der Waals surface area (Å²) in [5, 5.41) is 8.20. The Labute approximate surface area is 186 Å². The van der Waals surface area contributed by atoms with Crippen molar-refractivity contribution in [1.82, 2.24) is 5.32 Å². The molecule has 1 aliphatic heterocycles. The lowest BCUT2D eigenvalue weighted by molar-refractivity contribution is 0.0959. The molecule has 3 aromatic carbocycles. The Balaban J connectivity index is 1.26. The zero-order chi connectivity index (χ0) is 23.2. The molecule has 0 radical (unpaired) electrons. The van der Waals surface area contributed by atoms with Crippen LogP contribution in [0.25, 0.3) is 0 Å². The molecule has 3 aromatic rings. The molecule has 8 nitrogen and oxygen atoms in total. The molecular weight excluding hydrogens is 436 g/mol. The van der Waals surface area contributed by atoms with Gasteiger partial charge in [-0.15, -0.1) is 0 Å². The number of amides is 3. The average molecular weight is 453 g/mol. The summed E-state index contributed by atoms with van der Waals surface area (Å²) in [5.41, 5.74) is 1.09. The smallest absolute Gasteiger partial charge is 0.326 e. The van der Waals surface area contributed by atoms with Crippen LogP contribution in [-0.4, -0.2) is 24.9 Å². The van der Waals surface area contributed by atoms with Crippen LogP contribution >= 0.6 is 0 Å². The fraction of sp³-hybridized carbons (Fsp3) is 0.0870. The number of carbonyl (C=O) groups is 2. The fourth-order valence-electron chi connectivity index (χ4n) is 2.93. The molecule has 0 spiro atoms. The first-order chi connectivity index (χ1) is 16.0. The molecule has 2 N–H and O–H groups in total. The second-order valence-corrected chi connectivity index (χ2v) is 6.82. The minimum atomic E-state index is -1.19. The number of halogens is 2. The van der Waals surface area contributed by atoms with Gasteiger partial charge < -0.3 is 19.6 Å². The van der Waals surface area contributed by atoms with Gasteiger partial charge in [-0.3, -0.25) is 10.1 Å². The third kappa shape index (κ3) is 5.42. The molecule has 0 atom stereocenters. The third-order valence-electron chi connectivity index (χ3n) is 4.53. The Bertz CT molecular complexity index is 1190. The van der Waals surface area contributed by atoms with Crippen molar-refractivity contribution in [3.05, 3.63) is 89.0 Å². The van der Waals surface area contributed by atoms with Gasteiger partial charge in [-0.2, -0.15) is 0 Å². The largest absolute Gasteiger partial charge is 0.454 e. The van der Waals surface area contributed by atoms with E-state index in [-0.39, 0.29) is 13.4 Å². The number of ether oxygens (including phenoxy) is 2. The molecule has 3 amide bonds. The lowest BCUT2D eigenvalue weighted by Gasteiger charge is -2.08. The van der Waals surface area contributed by atoms with E-state index in [0.29, 0.717) is 17.2 Å². The summed E-state index contributed by atoms with van der Waals surface area (Å²) in [4.78, 5) is 29.2. The predicted octanol–water partition coefficient (Wildman–Crippen LogP) is 4.21. The van der Waals surface area contributed by atoms with Crippen molar-refractivity contribution in [3.63, 3.8) is 0 Å². The number of oxime groups is 1. The monoisotopic (exact) mass is 453 g/mol. The van der Waals surface area contributed by atoms with Crippen LogP contribution in [0.4, 0.5) is 19.3 Å². The Morgan fingerprint density at radius 1 is 1.00 bits per heavy atom. The maximum absolute atomic E-state index is 13.6. The van der Waals surface area contributed by atoms with E-state index < -0.39 is 29.1 Å². The van der Waals surface area contributed by atoms with Crippen LogP contribution in [0.15, 0.2) is 65.8 Å². The van der Waals surface area contributed by atoms with Crippen LogP contribution < -0.4 is 20.1 Å². The molecule has 1 heterocycles. The first-order valence-corrected chi connectivity index (χ1v) is 9.70. The number of imide groups is 1. The summed E-state index contributed by atoms with van der Waals surface area (Å²) in [6, 6.07) is 14.0. The van der Waals surface area contributed by atoms with Gasteiger partial charge in [-0.25, -0.2) is 13.6 Å². The van der Waals surface area contributed by atoms with E-state index in [1.165, 1.54) is 6.21 Å². The number of nitrogens with one attached hydrogen (secondary N) is 2. The lowest BCUT2D eigenvalue weighted by atomic mass is 10.2. The van der Waals surface area contributed by atoms with Crippen molar-refractivity contribution in [2.45, 2.75) is 6.61 Å². The number of hydrogen-bond acceptors (Lipinski definition) is 6. The van der Waals surface area contributed by atoms with Gasteiger partial charge in [0.1, 0.15) is 23.8 Å². The quantitative estimate of drug-likeness (QED) is 0.431. The van der Waals surface area contributed by atoms with Gasteiger partial charge in [0, 0.05) is 11.3 Å². The van der Waals surface area contributed by atoms with Gasteiger partial charge in [-0.05, 0) is 48.0 Å². The van der Waals surface area contributed by atoms with Gasteiger partial charge in [0.2, 0.25) is 6.79 Å². The number of hydrogen-bond donors (Lipinski definition) is 2. The highest BCUT2D eigenvalue weighted by Gasteiger charge is 2.19. The van der Waals surface area contributed by atoms with E-state index in [0.717, 1.165) is 29.3 Å². The average Bonchev–Trinajstić information content (AvgIpc) is 3.25. The van der Waals surface area contributed by atoms with E-state index in [1.54, 1.807) is 36.4 Å². The highest BCUT2D eigenvalue weighted by molar-refractivity contribution is 6.08. The molecule has 0 fully saturated rings. The van der Waals surface area contributed by atoms with Crippen LogP contribution in [-0.2, 0) is 11.4 Å². The van der Waals surface area contributed by atoms with Gasteiger partial charge in [0.15, 0.2) is 11.5 Å². The van der Waals surface area contributed by atoms with Gasteiger partial charge in [0.25, 0.3) is 5.91 Å². The van der Waals surface area contributed by atoms with Gasteiger partial charge in [0.05, 0.1) is 6.21 Å². The molecule has 33 heavy (non-hydrogen) atoms. The summed E-state index contributed by atoms with van der Waals surface area (Å²) >= 11 is 0. The second-order valence-electron chi connectivity index (χ2n) is 6.82. The zero-order valence-electron chi connectivity index (χ0n) is 17.0. The first kappa shape index (κ1) is 21.8. The molecule has 0 saturated heterocycles. The number of carbonyl (C=O) groups excluding carboxylic acids is 2. The van der Waals surface area contributed by atoms with E-state index in [9.17, 15) is 18.4 Å². The predicted molar refractivity (Wildman–Crippen MR) is 114 cm³/mol.